The number of rotatable bonds is 6. The van der Waals surface area contributed by atoms with Crippen LogP contribution in [-0.4, -0.2) is 73.0 Å². The Balaban J connectivity index is 1.63. The fourth-order valence-electron chi connectivity index (χ4n) is 6.50. The fourth-order valence-corrected chi connectivity index (χ4v) is 7.84. The molecular weight excluding hydrogens is 560 g/mol. The summed E-state index contributed by atoms with van der Waals surface area (Å²) in [6.07, 6.45) is 8.40. The van der Waals surface area contributed by atoms with Gasteiger partial charge < -0.3 is 14.4 Å². The van der Waals surface area contributed by atoms with Gasteiger partial charge in [-0.15, -0.1) is 0 Å². The molecule has 236 valence electrons. The van der Waals surface area contributed by atoms with Gasteiger partial charge in [-0.1, -0.05) is 31.9 Å². The molecule has 0 aromatic heterocycles. The van der Waals surface area contributed by atoms with Crippen molar-refractivity contribution in [1.82, 2.24) is 9.62 Å². The van der Waals surface area contributed by atoms with Crippen molar-refractivity contribution < 1.29 is 37.1 Å². The van der Waals surface area contributed by atoms with Crippen LogP contribution in [0.3, 0.4) is 0 Å². The Morgan fingerprint density at radius 2 is 1.83 bits per heavy atom. The summed E-state index contributed by atoms with van der Waals surface area (Å²) in [6, 6.07) is -0.846. The Hall–Kier alpha value is -2.27. The Morgan fingerprint density at radius 1 is 1.14 bits per heavy atom. The number of ether oxygens (including phenoxy) is 2. The zero-order chi connectivity index (χ0) is 31.1. The van der Waals surface area contributed by atoms with E-state index < -0.39 is 49.6 Å². The van der Waals surface area contributed by atoms with Gasteiger partial charge in [0.05, 0.1) is 28.7 Å². The lowest BCUT2D eigenvalue weighted by Crippen LogP contribution is -2.48. The summed E-state index contributed by atoms with van der Waals surface area (Å²) in [5.41, 5.74) is -1.87. The highest BCUT2D eigenvalue weighted by molar-refractivity contribution is 7.91. The Morgan fingerprint density at radius 3 is 2.45 bits per heavy atom. The molecule has 42 heavy (non-hydrogen) atoms. The standard InChI is InChI=1S/C31H48N2O8S/c1-20-24(40-6)19-33-26(20)23(34)18-31(28(37)32-42(38,39)30(5)14-15-30)17-22(31)13-11-9-7-8-10-12-21(27(33)36)16-25(35)41-29(2,3)4/h11,13,20-22,24,26H,7-10,12,14-19H2,1-6H3,(H,32,37)/b13-11-/t20?,21-,22-,24+,26+,31-/m1/s1. The quantitative estimate of drug-likeness (QED) is 0.356. The molecule has 2 heterocycles. The number of esters is 1. The van der Waals surface area contributed by atoms with E-state index in [1.54, 1.807) is 34.8 Å². The van der Waals surface area contributed by atoms with Gasteiger partial charge in [-0.3, -0.25) is 23.9 Å². The van der Waals surface area contributed by atoms with Crippen LogP contribution in [0.15, 0.2) is 12.2 Å². The molecule has 4 aliphatic rings. The van der Waals surface area contributed by atoms with Crippen molar-refractivity contribution in [1.29, 1.82) is 0 Å². The maximum absolute atomic E-state index is 14.1. The van der Waals surface area contributed by atoms with Crippen LogP contribution in [0.1, 0.15) is 98.8 Å². The number of hydrogen-bond donors (Lipinski definition) is 1. The van der Waals surface area contributed by atoms with Gasteiger partial charge in [0.1, 0.15) is 5.60 Å². The third-order valence-corrected chi connectivity index (χ3v) is 11.8. The molecule has 0 spiro atoms. The van der Waals surface area contributed by atoms with Crippen molar-refractivity contribution in [2.24, 2.45) is 23.2 Å². The van der Waals surface area contributed by atoms with Crippen molar-refractivity contribution in [3.8, 4) is 0 Å². The van der Waals surface area contributed by atoms with Gasteiger partial charge in [-0.2, -0.15) is 0 Å². The molecule has 0 aromatic carbocycles. The summed E-state index contributed by atoms with van der Waals surface area (Å²) >= 11 is 0. The minimum Gasteiger partial charge on any atom is -0.460 e. The highest BCUT2D eigenvalue weighted by Crippen LogP contribution is 2.57. The molecule has 2 amide bonds. The Labute approximate surface area is 250 Å². The highest BCUT2D eigenvalue weighted by Gasteiger charge is 2.63. The number of carbonyl (C=O) groups is 4. The van der Waals surface area contributed by atoms with E-state index in [0.717, 1.165) is 25.7 Å². The van der Waals surface area contributed by atoms with Crippen molar-refractivity contribution in [3.63, 3.8) is 0 Å². The molecule has 0 bridgehead atoms. The second-order valence-corrected chi connectivity index (χ2v) is 16.3. The second kappa shape index (κ2) is 12.0. The van der Waals surface area contributed by atoms with Crippen LogP contribution in [0.2, 0.25) is 0 Å². The van der Waals surface area contributed by atoms with E-state index >= 15 is 0 Å². The summed E-state index contributed by atoms with van der Waals surface area (Å²) in [7, 11) is -2.33. The van der Waals surface area contributed by atoms with Gasteiger partial charge in [0, 0.05) is 31.9 Å². The number of sulfonamides is 1. The number of fused-ring (bicyclic) bond motifs is 2. The maximum Gasteiger partial charge on any atom is 0.307 e. The molecule has 0 radical (unpaired) electrons. The van der Waals surface area contributed by atoms with Crippen LogP contribution in [0, 0.1) is 23.2 Å². The molecule has 0 aromatic rings. The number of ketones is 1. The first-order valence-electron chi connectivity index (χ1n) is 15.3. The van der Waals surface area contributed by atoms with Crippen molar-refractivity contribution in [2.45, 2.75) is 121 Å². The van der Waals surface area contributed by atoms with E-state index in [1.165, 1.54) is 4.90 Å². The third-order valence-electron chi connectivity index (χ3n) is 9.59. The predicted molar refractivity (Wildman–Crippen MR) is 157 cm³/mol. The van der Waals surface area contributed by atoms with E-state index in [0.29, 0.717) is 25.7 Å². The van der Waals surface area contributed by atoms with E-state index in [-0.39, 0.29) is 49.0 Å². The largest absolute Gasteiger partial charge is 0.460 e. The molecule has 3 fully saturated rings. The average Bonchev–Trinajstić information content (AvgIpc) is 3.77. The number of carbonyl (C=O) groups excluding carboxylic acids is 4. The zero-order valence-corrected chi connectivity index (χ0v) is 26.8. The number of allylic oxidation sites excluding steroid dienone is 2. The number of nitrogens with one attached hydrogen (secondary N) is 1. The number of hydrogen-bond acceptors (Lipinski definition) is 8. The number of amides is 2. The van der Waals surface area contributed by atoms with Gasteiger partial charge in [-0.25, -0.2) is 8.42 Å². The molecule has 1 N–H and O–H groups in total. The van der Waals surface area contributed by atoms with E-state index in [1.807, 2.05) is 19.1 Å². The first kappa shape index (κ1) is 32.6. The van der Waals surface area contributed by atoms with Gasteiger partial charge >= 0.3 is 5.97 Å². The SMILES string of the molecule is CO[C@H]1CN2C(=O)[C@@H](CC(=O)OC(C)(C)C)CCCCC/C=C\[C@@H]3C[C@@]3(C(=O)NS(=O)(=O)C3(C)CC3)CC(=O)[C@@H]2C1C. The van der Waals surface area contributed by atoms with Crippen molar-refractivity contribution >= 4 is 33.6 Å². The van der Waals surface area contributed by atoms with Crippen LogP contribution in [0.25, 0.3) is 0 Å². The van der Waals surface area contributed by atoms with Gasteiger partial charge in [0.2, 0.25) is 21.8 Å². The predicted octanol–water partition coefficient (Wildman–Crippen LogP) is 3.68. The van der Waals surface area contributed by atoms with Crippen LogP contribution < -0.4 is 4.72 Å². The highest BCUT2D eigenvalue weighted by atomic mass is 32.2. The lowest BCUT2D eigenvalue weighted by Gasteiger charge is -2.30. The summed E-state index contributed by atoms with van der Waals surface area (Å²) in [5.74, 6) is -2.91. The van der Waals surface area contributed by atoms with E-state index in [9.17, 15) is 27.6 Å². The van der Waals surface area contributed by atoms with Crippen LogP contribution >= 0.6 is 0 Å². The van der Waals surface area contributed by atoms with Gasteiger partial charge in [-0.05, 0) is 72.1 Å². The Bertz CT molecular complexity index is 1220. The Kier molecular flexibility index (Phi) is 9.34. The molecule has 1 saturated heterocycles. The number of nitrogens with zero attached hydrogens (tertiary/aromatic N) is 1. The van der Waals surface area contributed by atoms with E-state index in [4.69, 9.17) is 9.47 Å². The normalized spacial score (nSPS) is 34.3. The lowest BCUT2D eigenvalue weighted by molar-refractivity contribution is -0.159. The van der Waals surface area contributed by atoms with Crippen LogP contribution in [0.4, 0.5) is 0 Å². The molecule has 4 rings (SSSR count). The summed E-state index contributed by atoms with van der Waals surface area (Å²) < 4.78 is 38.4. The first-order valence-corrected chi connectivity index (χ1v) is 16.8. The zero-order valence-electron chi connectivity index (χ0n) is 25.9. The lowest BCUT2D eigenvalue weighted by atomic mass is 9.87. The monoisotopic (exact) mass is 608 g/mol. The molecule has 2 aliphatic carbocycles. The van der Waals surface area contributed by atoms with Crippen LogP contribution in [-0.2, 0) is 38.7 Å². The molecule has 1 unspecified atom stereocenters. The average molecular weight is 609 g/mol. The minimum absolute atomic E-state index is 0.0789. The summed E-state index contributed by atoms with van der Waals surface area (Å²) in [5, 5.41) is 0. The minimum atomic E-state index is -3.88. The van der Waals surface area contributed by atoms with Crippen LogP contribution in [0.5, 0.6) is 0 Å². The van der Waals surface area contributed by atoms with E-state index in [2.05, 4.69) is 4.72 Å². The first-order chi connectivity index (χ1) is 19.5. The molecule has 6 atom stereocenters. The smallest absolute Gasteiger partial charge is 0.307 e. The summed E-state index contributed by atoms with van der Waals surface area (Å²) in [6.45, 7) is 9.02. The third kappa shape index (κ3) is 6.93. The number of methoxy groups -OCH3 is 1. The molecule has 11 heteroatoms. The second-order valence-electron chi connectivity index (χ2n) is 14.1. The molecule has 2 aliphatic heterocycles. The number of Topliss-reactive ketones (excluding diaryl/α,β-unsaturated/α-hetero) is 1. The molecular formula is C31H48N2O8S. The molecule has 10 nitrogen and oxygen atoms in total. The molecule has 2 saturated carbocycles. The van der Waals surface area contributed by atoms with Gasteiger partial charge in [0.15, 0.2) is 5.78 Å². The summed E-state index contributed by atoms with van der Waals surface area (Å²) in [4.78, 5) is 56.1. The maximum atomic E-state index is 14.1. The van der Waals surface area contributed by atoms with Crippen molar-refractivity contribution in [2.75, 3.05) is 13.7 Å². The fraction of sp³-hybridized carbons (Fsp3) is 0.806. The van der Waals surface area contributed by atoms with Gasteiger partial charge in [0.25, 0.3) is 0 Å². The van der Waals surface area contributed by atoms with Crippen molar-refractivity contribution in [3.05, 3.63) is 12.2 Å². The topological polar surface area (TPSA) is 136 Å².